The van der Waals surface area contributed by atoms with Crippen LogP contribution in [-0.4, -0.2) is 42.1 Å². The number of carbonyl (C=O) groups is 2. The molecule has 0 saturated heterocycles. The number of ether oxygens (including phenoxy) is 1. The van der Waals surface area contributed by atoms with Crippen LogP contribution in [0.1, 0.15) is 41.5 Å². The molecule has 0 aliphatic carbocycles. The van der Waals surface area contributed by atoms with Gasteiger partial charge in [-0.2, -0.15) is 0 Å². The van der Waals surface area contributed by atoms with Crippen molar-refractivity contribution >= 4 is 12.0 Å². The molecule has 5 nitrogen and oxygen atoms in total. The maximum absolute atomic E-state index is 11.8. The van der Waals surface area contributed by atoms with E-state index in [9.17, 15) is 9.59 Å². The lowest BCUT2D eigenvalue weighted by atomic mass is 10.2. The van der Waals surface area contributed by atoms with Gasteiger partial charge in [-0.3, -0.25) is 4.79 Å². The first kappa shape index (κ1) is 17.5. The van der Waals surface area contributed by atoms with Crippen LogP contribution in [0.15, 0.2) is 11.6 Å². The number of rotatable bonds is 4. The summed E-state index contributed by atoms with van der Waals surface area (Å²) in [7, 11) is 1.71. The van der Waals surface area contributed by atoms with Crippen LogP contribution in [0.4, 0.5) is 4.79 Å². The molecule has 0 aliphatic heterocycles. The van der Waals surface area contributed by atoms with Crippen molar-refractivity contribution in [1.29, 1.82) is 0 Å². The maximum Gasteiger partial charge on any atom is 0.407 e. The van der Waals surface area contributed by atoms with Crippen LogP contribution in [0.5, 0.6) is 0 Å². The molecule has 110 valence electrons. The van der Waals surface area contributed by atoms with E-state index in [0.717, 1.165) is 5.57 Å². The van der Waals surface area contributed by atoms with E-state index in [-0.39, 0.29) is 11.9 Å². The summed E-state index contributed by atoms with van der Waals surface area (Å²) in [5.74, 6) is -0.0708. The standard InChI is InChI=1S/C14H26N2O3/c1-10(2)8-12(17)16(7)11(3)9-15-13(18)19-14(4,5)6/h8,11H,9H2,1-7H3,(H,15,18)/t11-/m1/s1. The molecule has 0 aromatic heterocycles. The number of alkyl carbamates (subject to hydrolysis) is 1. The zero-order chi connectivity index (χ0) is 15.2. The van der Waals surface area contributed by atoms with E-state index in [1.54, 1.807) is 38.8 Å². The summed E-state index contributed by atoms with van der Waals surface area (Å²) in [6, 6.07) is -0.101. The summed E-state index contributed by atoms with van der Waals surface area (Å²) in [6.07, 6.45) is 1.10. The van der Waals surface area contributed by atoms with Crippen LogP contribution in [0.3, 0.4) is 0 Å². The summed E-state index contributed by atoms with van der Waals surface area (Å²) < 4.78 is 5.13. The Bertz CT molecular complexity index is 352. The van der Waals surface area contributed by atoms with E-state index in [2.05, 4.69) is 5.32 Å². The number of carbonyl (C=O) groups excluding carboxylic acids is 2. The second-order valence-electron chi connectivity index (χ2n) is 5.90. The SMILES string of the molecule is CC(C)=CC(=O)N(C)[C@H](C)CNC(=O)OC(C)(C)C. The number of hydrogen-bond donors (Lipinski definition) is 1. The van der Waals surface area contributed by atoms with Crippen molar-refractivity contribution in [1.82, 2.24) is 10.2 Å². The lowest BCUT2D eigenvalue weighted by Gasteiger charge is -2.25. The Balaban J connectivity index is 4.25. The van der Waals surface area contributed by atoms with Gasteiger partial charge < -0.3 is 15.0 Å². The fourth-order valence-corrected chi connectivity index (χ4v) is 1.25. The molecule has 5 heteroatoms. The van der Waals surface area contributed by atoms with Crippen molar-refractivity contribution < 1.29 is 14.3 Å². The number of nitrogens with one attached hydrogen (secondary N) is 1. The van der Waals surface area contributed by atoms with Gasteiger partial charge >= 0.3 is 6.09 Å². The highest BCUT2D eigenvalue weighted by Gasteiger charge is 2.18. The Kier molecular flexibility index (Phi) is 6.59. The lowest BCUT2D eigenvalue weighted by Crippen LogP contribution is -2.43. The van der Waals surface area contributed by atoms with Crippen LogP contribution < -0.4 is 5.32 Å². The summed E-state index contributed by atoms with van der Waals surface area (Å²) in [4.78, 5) is 24.8. The summed E-state index contributed by atoms with van der Waals surface area (Å²) >= 11 is 0. The van der Waals surface area contributed by atoms with Gasteiger partial charge in [0.1, 0.15) is 5.60 Å². The van der Waals surface area contributed by atoms with Gasteiger partial charge in [0.25, 0.3) is 0 Å². The van der Waals surface area contributed by atoms with Crippen LogP contribution in [-0.2, 0) is 9.53 Å². The van der Waals surface area contributed by atoms with Crippen LogP contribution in [0.25, 0.3) is 0 Å². The highest BCUT2D eigenvalue weighted by molar-refractivity contribution is 5.88. The number of hydrogen-bond acceptors (Lipinski definition) is 3. The fraction of sp³-hybridized carbons (Fsp3) is 0.714. The number of nitrogens with zero attached hydrogens (tertiary/aromatic N) is 1. The molecule has 19 heavy (non-hydrogen) atoms. The second kappa shape index (κ2) is 7.16. The third-order valence-corrected chi connectivity index (χ3v) is 2.36. The molecule has 0 heterocycles. The van der Waals surface area contributed by atoms with Gasteiger partial charge in [-0.15, -0.1) is 0 Å². The van der Waals surface area contributed by atoms with Gasteiger partial charge in [-0.1, -0.05) is 5.57 Å². The topological polar surface area (TPSA) is 58.6 Å². The normalized spacial score (nSPS) is 12.4. The zero-order valence-corrected chi connectivity index (χ0v) is 13.0. The minimum atomic E-state index is -0.517. The van der Waals surface area contributed by atoms with Crippen LogP contribution in [0.2, 0.25) is 0 Å². The second-order valence-corrected chi connectivity index (χ2v) is 5.90. The first-order chi connectivity index (χ1) is 8.53. The van der Waals surface area contributed by atoms with Crippen molar-refractivity contribution in [3.05, 3.63) is 11.6 Å². The van der Waals surface area contributed by atoms with Crippen molar-refractivity contribution in [3.63, 3.8) is 0 Å². The van der Waals surface area contributed by atoms with E-state index in [0.29, 0.717) is 6.54 Å². The fourth-order valence-electron chi connectivity index (χ4n) is 1.25. The van der Waals surface area contributed by atoms with Gasteiger partial charge in [-0.05, 0) is 41.5 Å². The van der Waals surface area contributed by atoms with E-state index in [1.807, 2.05) is 20.8 Å². The first-order valence-corrected chi connectivity index (χ1v) is 6.41. The molecule has 0 aliphatic rings. The maximum atomic E-state index is 11.8. The minimum absolute atomic E-state index is 0.0708. The van der Waals surface area contributed by atoms with Crippen LogP contribution in [0, 0.1) is 0 Å². The third kappa shape index (κ3) is 8.24. The van der Waals surface area contributed by atoms with E-state index < -0.39 is 11.7 Å². The zero-order valence-electron chi connectivity index (χ0n) is 13.0. The number of allylic oxidation sites excluding steroid dienone is 1. The van der Waals surface area contributed by atoms with Crippen molar-refractivity contribution in [2.24, 2.45) is 0 Å². The molecule has 0 fully saturated rings. The molecule has 1 N–H and O–H groups in total. The van der Waals surface area contributed by atoms with Gasteiger partial charge in [0.2, 0.25) is 5.91 Å². The largest absolute Gasteiger partial charge is 0.444 e. The molecule has 0 radical (unpaired) electrons. The lowest BCUT2D eigenvalue weighted by molar-refractivity contribution is -0.126. The Labute approximate surface area is 116 Å². The molecule has 0 spiro atoms. The predicted octanol–water partition coefficient (Wildman–Crippen LogP) is 2.32. The molecular weight excluding hydrogens is 244 g/mol. The molecule has 0 saturated carbocycles. The summed E-state index contributed by atoms with van der Waals surface area (Å²) in [5.41, 5.74) is 0.432. The summed E-state index contributed by atoms with van der Waals surface area (Å²) in [6.45, 7) is 11.4. The third-order valence-electron chi connectivity index (χ3n) is 2.36. The Morgan fingerprint density at radius 3 is 2.26 bits per heavy atom. The molecule has 0 unspecified atom stereocenters. The van der Waals surface area contributed by atoms with Crippen molar-refractivity contribution in [3.8, 4) is 0 Å². The average molecular weight is 270 g/mol. The minimum Gasteiger partial charge on any atom is -0.444 e. The predicted molar refractivity (Wildman–Crippen MR) is 75.9 cm³/mol. The number of amides is 2. The van der Waals surface area contributed by atoms with Gasteiger partial charge in [0.15, 0.2) is 0 Å². The quantitative estimate of drug-likeness (QED) is 0.798. The van der Waals surface area contributed by atoms with Gasteiger partial charge in [-0.25, -0.2) is 4.79 Å². The first-order valence-electron chi connectivity index (χ1n) is 6.41. The van der Waals surface area contributed by atoms with Crippen LogP contribution >= 0.6 is 0 Å². The number of likely N-dealkylation sites (N-methyl/N-ethyl adjacent to an activating group) is 1. The molecule has 0 bridgehead atoms. The Morgan fingerprint density at radius 2 is 1.84 bits per heavy atom. The van der Waals surface area contributed by atoms with Crippen molar-refractivity contribution in [2.75, 3.05) is 13.6 Å². The molecule has 0 aromatic carbocycles. The van der Waals surface area contributed by atoms with E-state index in [1.165, 1.54) is 0 Å². The highest BCUT2D eigenvalue weighted by Crippen LogP contribution is 2.06. The summed E-state index contributed by atoms with van der Waals surface area (Å²) in [5, 5.41) is 2.65. The Hall–Kier alpha value is -1.52. The van der Waals surface area contributed by atoms with E-state index >= 15 is 0 Å². The average Bonchev–Trinajstić information content (AvgIpc) is 2.21. The highest BCUT2D eigenvalue weighted by atomic mass is 16.6. The van der Waals surface area contributed by atoms with Crippen molar-refractivity contribution in [2.45, 2.75) is 53.2 Å². The molecular formula is C14H26N2O3. The molecule has 0 rings (SSSR count). The smallest absolute Gasteiger partial charge is 0.407 e. The van der Waals surface area contributed by atoms with E-state index in [4.69, 9.17) is 4.74 Å². The Morgan fingerprint density at radius 1 is 1.32 bits per heavy atom. The van der Waals surface area contributed by atoms with Gasteiger partial charge in [0, 0.05) is 25.7 Å². The molecule has 2 amide bonds. The monoisotopic (exact) mass is 270 g/mol. The molecule has 1 atom stereocenters. The van der Waals surface area contributed by atoms with Gasteiger partial charge in [0.05, 0.1) is 0 Å². The molecule has 0 aromatic rings.